The Kier molecular flexibility index (Phi) is 4.94. The van der Waals surface area contributed by atoms with Gasteiger partial charge in [0.2, 0.25) is 0 Å². The third kappa shape index (κ3) is 3.82. The molecular formula is C20H20N4O3. The van der Waals surface area contributed by atoms with Crippen LogP contribution in [0.15, 0.2) is 59.5 Å². The maximum atomic E-state index is 12.6. The predicted octanol–water partition coefficient (Wildman–Crippen LogP) is 2.14. The molecule has 3 aromatic rings. The first kappa shape index (κ1) is 18.2. The van der Waals surface area contributed by atoms with E-state index in [2.05, 4.69) is 0 Å². The lowest BCUT2D eigenvalue weighted by Gasteiger charge is -2.04. The van der Waals surface area contributed by atoms with Crippen LogP contribution in [0.3, 0.4) is 0 Å². The zero-order valence-corrected chi connectivity index (χ0v) is 14.8. The van der Waals surface area contributed by atoms with Gasteiger partial charge in [-0.3, -0.25) is 19.3 Å². The Hall–Kier alpha value is -3.61. The summed E-state index contributed by atoms with van der Waals surface area (Å²) in [5.41, 5.74) is 9.12. The third-order valence-electron chi connectivity index (χ3n) is 4.44. The second-order valence-corrected chi connectivity index (χ2v) is 6.28. The third-order valence-corrected chi connectivity index (χ3v) is 4.44. The molecule has 4 N–H and O–H groups in total. The van der Waals surface area contributed by atoms with Gasteiger partial charge >= 0.3 is 11.7 Å². The Labute approximate surface area is 155 Å². The van der Waals surface area contributed by atoms with Gasteiger partial charge in [0.05, 0.1) is 11.4 Å². The van der Waals surface area contributed by atoms with E-state index >= 15 is 0 Å². The Bertz CT molecular complexity index is 1040. The van der Waals surface area contributed by atoms with Crippen molar-refractivity contribution in [1.82, 2.24) is 9.13 Å². The average molecular weight is 364 g/mol. The number of carboxylic acid groups (broad SMARTS) is 1. The molecule has 7 heteroatoms. The summed E-state index contributed by atoms with van der Waals surface area (Å²) in [6, 6.07) is 14.4. The van der Waals surface area contributed by atoms with Gasteiger partial charge in [-0.1, -0.05) is 24.3 Å². The zero-order valence-electron chi connectivity index (χ0n) is 14.8. The SMILES string of the molecule is Cn1c(-c2ccc(CCC(=O)O)cc2)cn(-c2ccc(C(=N)N)cc2)c1=O. The fourth-order valence-electron chi connectivity index (χ4n) is 2.88. The van der Waals surface area contributed by atoms with Crippen molar-refractivity contribution < 1.29 is 9.90 Å². The maximum absolute atomic E-state index is 12.6. The van der Waals surface area contributed by atoms with Crippen molar-refractivity contribution in [2.24, 2.45) is 12.8 Å². The molecule has 7 nitrogen and oxygen atoms in total. The Morgan fingerprint density at radius 1 is 1.11 bits per heavy atom. The zero-order chi connectivity index (χ0) is 19.6. The first-order valence-electron chi connectivity index (χ1n) is 8.41. The van der Waals surface area contributed by atoms with Crippen molar-refractivity contribution in [3.8, 4) is 16.9 Å². The number of nitrogens with two attached hydrogens (primary N) is 1. The Morgan fingerprint density at radius 2 is 1.74 bits per heavy atom. The summed E-state index contributed by atoms with van der Waals surface area (Å²) in [7, 11) is 1.70. The number of nitrogens with zero attached hydrogens (tertiary/aromatic N) is 2. The van der Waals surface area contributed by atoms with Crippen LogP contribution in [0.25, 0.3) is 16.9 Å². The van der Waals surface area contributed by atoms with Gasteiger partial charge in [0.1, 0.15) is 5.84 Å². The fraction of sp³-hybridized carbons (Fsp3) is 0.150. The van der Waals surface area contributed by atoms with Crippen LogP contribution in [-0.2, 0) is 18.3 Å². The largest absolute Gasteiger partial charge is 0.481 e. The van der Waals surface area contributed by atoms with Gasteiger partial charge in [-0.05, 0) is 41.8 Å². The molecule has 0 spiro atoms. The Balaban J connectivity index is 1.92. The van der Waals surface area contributed by atoms with Crippen LogP contribution in [0.2, 0.25) is 0 Å². The minimum atomic E-state index is -0.825. The highest BCUT2D eigenvalue weighted by Gasteiger charge is 2.12. The molecule has 138 valence electrons. The molecule has 1 aromatic heterocycles. The van der Waals surface area contributed by atoms with E-state index in [1.165, 1.54) is 4.57 Å². The number of carboxylic acids is 1. The molecule has 0 saturated heterocycles. The van der Waals surface area contributed by atoms with Crippen LogP contribution in [-0.4, -0.2) is 26.0 Å². The van der Waals surface area contributed by atoms with Crippen molar-refractivity contribution in [1.29, 1.82) is 5.41 Å². The predicted molar refractivity (Wildman–Crippen MR) is 103 cm³/mol. The number of benzene rings is 2. The molecule has 0 saturated carbocycles. The summed E-state index contributed by atoms with van der Waals surface area (Å²) in [4.78, 5) is 23.3. The molecule has 27 heavy (non-hydrogen) atoms. The van der Waals surface area contributed by atoms with Gasteiger partial charge in [-0.2, -0.15) is 0 Å². The molecule has 0 bridgehead atoms. The quantitative estimate of drug-likeness (QED) is 0.459. The van der Waals surface area contributed by atoms with Crippen molar-refractivity contribution in [3.05, 3.63) is 76.3 Å². The molecule has 3 rings (SSSR count). The average Bonchev–Trinajstić information content (AvgIpc) is 2.96. The highest BCUT2D eigenvalue weighted by molar-refractivity contribution is 5.95. The van der Waals surface area contributed by atoms with Gasteiger partial charge in [0.15, 0.2) is 0 Å². The van der Waals surface area contributed by atoms with Crippen LogP contribution < -0.4 is 11.4 Å². The summed E-state index contributed by atoms with van der Waals surface area (Å²) in [5.74, 6) is -0.847. The normalized spacial score (nSPS) is 10.7. The van der Waals surface area contributed by atoms with Gasteiger partial charge in [-0.15, -0.1) is 0 Å². The lowest BCUT2D eigenvalue weighted by molar-refractivity contribution is -0.136. The van der Waals surface area contributed by atoms with Crippen LogP contribution in [0, 0.1) is 5.41 Å². The molecule has 0 radical (unpaired) electrons. The Morgan fingerprint density at radius 3 is 2.30 bits per heavy atom. The van der Waals surface area contributed by atoms with Crippen LogP contribution in [0.4, 0.5) is 0 Å². The van der Waals surface area contributed by atoms with E-state index in [9.17, 15) is 9.59 Å². The number of aliphatic carboxylic acids is 1. The number of hydrogen-bond donors (Lipinski definition) is 3. The number of nitrogens with one attached hydrogen (secondary N) is 1. The lowest BCUT2D eigenvalue weighted by Crippen LogP contribution is -2.21. The number of rotatable bonds is 6. The second kappa shape index (κ2) is 7.33. The highest BCUT2D eigenvalue weighted by Crippen LogP contribution is 2.20. The van der Waals surface area contributed by atoms with Crippen molar-refractivity contribution in [3.63, 3.8) is 0 Å². The summed E-state index contributed by atoms with van der Waals surface area (Å²) < 4.78 is 3.10. The van der Waals surface area contributed by atoms with E-state index in [1.54, 1.807) is 42.1 Å². The first-order chi connectivity index (χ1) is 12.9. The fourth-order valence-corrected chi connectivity index (χ4v) is 2.88. The van der Waals surface area contributed by atoms with Gasteiger partial charge < -0.3 is 10.8 Å². The second-order valence-electron chi connectivity index (χ2n) is 6.28. The first-order valence-corrected chi connectivity index (χ1v) is 8.41. The molecule has 0 aliphatic carbocycles. The minimum Gasteiger partial charge on any atom is -0.481 e. The molecular weight excluding hydrogens is 344 g/mol. The lowest BCUT2D eigenvalue weighted by atomic mass is 10.1. The number of carbonyl (C=O) groups is 1. The molecule has 0 aliphatic rings. The minimum absolute atomic E-state index is 0.0226. The van der Waals surface area contributed by atoms with E-state index < -0.39 is 5.97 Å². The molecule has 0 amide bonds. The number of hydrogen-bond acceptors (Lipinski definition) is 3. The molecule has 0 atom stereocenters. The molecule has 2 aromatic carbocycles. The van der Waals surface area contributed by atoms with Crippen LogP contribution in [0.5, 0.6) is 0 Å². The number of nitrogen functional groups attached to an aromatic ring is 1. The number of aryl methyl sites for hydroxylation is 1. The van der Waals surface area contributed by atoms with Crippen molar-refractivity contribution in [2.75, 3.05) is 0 Å². The molecule has 1 heterocycles. The van der Waals surface area contributed by atoms with E-state index in [0.29, 0.717) is 17.7 Å². The van der Waals surface area contributed by atoms with Crippen LogP contribution in [0.1, 0.15) is 17.5 Å². The van der Waals surface area contributed by atoms with Crippen LogP contribution >= 0.6 is 0 Å². The smallest absolute Gasteiger partial charge is 0.332 e. The van der Waals surface area contributed by atoms with Gasteiger partial charge in [0.25, 0.3) is 0 Å². The molecule has 0 fully saturated rings. The van der Waals surface area contributed by atoms with Gasteiger partial charge in [0, 0.05) is 25.2 Å². The summed E-state index contributed by atoms with van der Waals surface area (Å²) in [5, 5.41) is 16.2. The summed E-state index contributed by atoms with van der Waals surface area (Å²) >= 11 is 0. The van der Waals surface area contributed by atoms with E-state index in [4.69, 9.17) is 16.2 Å². The summed E-state index contributed by atoms with van der Waals surface area (Å²) in [6.45, 7) is 0. The topological polar surface area (TPSA) is 114 Å². The van der Waals surface area contributed by atoms with E-state index in [0.717, 1.165) is 16.8 Å². The monoisotopic (exact) mass is 364 g/mol. The van der Waals surface area contributed by atoms with Gasteiger partial charge in [-0.25, -0.2) is 4.79 Å². The van der Waals surface area contributed by atoms with E-state index in [1.807, 2.05) is 24.3 Å². The van der Waals surface area contributed by atoms with E-state index in [-0.39, 0.29) is 17.9 Å². The number of amidine groups is 1. The maximum Gasteiger partial charge on any atom is 0.332 e. The van der Waals surface area contributed by atoms with Crippen molar-refractivity contribution in [2.45, 2.75) is 12.8 Å². The highest BCUT2D eigenvalue weighted by atomic mass is 16.4. The summed E-state index contributed by atoms with van der Waals surface area (Å²) in [6.07, 6.45) is 2.32. The number of imidazole rings is 1. The number of aromatic nitrogens is 2. The van der Waals surface area contributed by atoms with Crippen molar-refractivity contribution >= 4 is 11.8 Å². The standard InChI is InChI=1S/C20H20N4O3/c1-23-17(14-5-2-13(3-6-14)4-11-18(25)26)12-24(20(23)27)16-9-7-15(8-10-16)19(21)22/h2-3,5-10,12H,4,11H2,1H3,(H3,21,22)(H,25,26). The molecule has 0 aliphatic heterocycles. The molecule has 0 unspecified atom stereocenters.